The van der Waals surface area contributed by atoms with Crippen LogP contribution in [0.4, 0.5) is 4.39 Å². The first-order valence-electron chi connectivity index (χ1n) is 10.7. The van der Waals surface area contributed by atoms with E-state index in [4.69, 9.17) is 0 Å². The largest absolute Gasteiger partial charge is 0.352 e. The minimum Gasteiger partial charge on any atom is -0.352 e. The molecule has 0 aliphatic carbocycles. The number of hydrogen-bond donors (Lipinski definition) is 2. The van der Waals surface area contributed by atoms with Gasteiger partial charge in [-0.3, -0.25) is 9.69 Å². The van der Waals surface area contributed by atoms with Gasteiger partial charge in [-0.1, -0.05) is 30.3 Å². The predicted octanol–water partition coefficient (Wildman–Crippen LogP) is 3.01. The van der Waals surface area contributed by atoms with Crippen molar-refractivity contribution in [3.8, 4) is 0 Å². The number of carbonyl (C=O) groups is 1. The van der Waals surface area contributed by atoms with Crippen LogP contribution in [0.2, 0.25) is 0 Å². The summed E-state index contributed by atoms with van der Waals surface area (Å²) in [6.07, 6.45) is 3.92. The molecule has 174 valence electrons. The van der Waals surface area contributed by atoms with E-state index in [2.05, 4.69) is 14.9 Å². The van der Waals surface area contributed by atoms with Crippen LogP contribution < -0.4 is 10.0 Å². The molecule has 9 heteroatoms. The molecule has 2 aromatic rings. The molecule has 0 aromatic heterocycles. The Kier molecular flexibility index (Phi) is 9.10. The lowest BCUT2D eigenvalue weighted by atomic mass is 10.0. The minimum absolute atomic E-state index is 0.00461. The molecule has 1 unspecified atom stereocenters. The SMILES string of the molecule is CSCCC(NS(=O)(=O)c1ccccc1)C(=O)NC1CCN(Cc2ccc(F)cc2)CC1. The highest BCUT2D eigenvalue weighted by Gasteiger charge is 2.28. The molecule has 1 atom stereocenters. The first-order chi connectivity index (χ1) is 15.4. The lowest BCUT2D eigenvalue weighted by Crippen LogP contribution is -2.52. The molecule has 0 saturated carbocycles. The van der Waals surface area contributed by atoms with Gasteiger partial charge >= 0.3 is 0 Å². The lowest BCUT2D eigenvalue weighted by molar-refractivity contribution is -0.123. The molecule has 1 saturated heterocycles. The average Bonchev–Trinajstić information content (AvgIpc) is 2.80. The van der Waals surface area contributed by atoms with Crippen LogP contribution in [0.1, 0.15) is 24.8 Å². The van der Waals surface area contributed by atoms with Gasteiger partial charge in [-0.15, -0.1) is 0 Å². The molecule has 3 rings (SSSR count). The fraction of sp³-hybridized carbons (Fsp3) is 0.435. The second kappa shape index (κ2) is 11.8. The standard InChI is InChI=1S/C23H30FN3O3S2/c1-31-16-13-22(26-32(29,30)21-5-3-2-4-6-21)23(28)25-20-11-14-27(15-12-20)17-18-7-9-19(24)10-8-18/h2-10,20,22,26H,11-17H2,1H3,(H,25,28). The van der Waals surface area contributed by atoms with Crippen molar-refractivity contribution in [3.05, 3.63) is 66.0 Å². The molecule has 1 fully saturated rings. The topological polar surface area (TPSA) is 78.5 Å². The van der Waals surface area contributed by atoms with Gasteiger partial charge in [0.25, 0.3) is 0 Å². The highest BCUT2D eigenvalue weighted by atomic mass is 32.2. The quantitative estimate of drug-likeness (QED) is 0.548. The number of piperidine rings is 1. The molecule has 0 radical (unpaired) electrons. The van der Waals surface area contributed by atoms with Crippen LogP contribution in [0.15, 0.2) is 59.5 Å². The van der Waals surface area contributed by atoms with Gasteiger partial charge in [0.1, 0.15) is 11.9 Å². The fourth-order valence-corrected chi connectivity index (χ4v) is 5.44. The van der Waals surface area contributed by atoms with E-state index in [-0.39, 0.29) is 22.7 Å². The van der Waals surface area contributed by atoms with Crippen molar-refractivity contribution in [1.29, 1.82) is 0 Å². The van der Waals surface area contributed by atoms with Gasteiger partial charge in [-0.2, -0.15) is 16.5 Å². The normalized spacial score (nSPS) is 16.6. The third kappa shape index (κ3) is 7.30. The Morgan fingerprint density at radius 3 is 2.41 bits per heavy atom. The zero-order chi connectivity index (χ0) is 23.0. The first kappa shape index (κ1) is 24.7. The number of thioether (sulfide) groups is 1. The van der Waals surface area contributed by atoms with Crippen molar-refractivity contribution < 1.29 is 17.6 Å². The van der Waals surface area contributed by atoms with Gasteiger partial charge in [0.05, 0.1) is 4.90 Å². The molecule has 1 heterocycles. The van der Waals surface area contributed by atoms with Crippen molar-refractivity contribution in [2.24, 2.45) is 0 Å². The van der Waals surface area contributed by atoms with Gasteiger partial charge in [-0.05, 0) is 61.1 Å². The van der Waals surface area contributed by atoms with Crippen molar-refractivity contribution in [2.45, 2.75) is 42.8 Å². The van der Waals surface area contributed by atoms with E-state index in [0.29, 0.717) is 12.2 Å². The van der Waals surface area contributed by atoms with Crippen molar-refractivity contribution in [1.82, 2.24) is 14.9 Å². The highest BCUT2D eigenvalue weighted by molar-refractivity contribution is 7.98. The molecule has 6 nitrogen and oxygen atoms in total. The summed E-state index contributed by atoms with van der Waals surface area (Å²) in [5.74, 6) is 0.149. The summed E-state index contributed by atoms with van der Waals surface area (Å²) in [5.41, 5.74) is 1.06. The Morgan fingerprint density at radius 1 is 1.12 bits per heavy atom. The van der Waals surface area contributed by atoms with Crippen LogP contribution in [0, 0.1) is 5.82 Å². The van der Waals surface area contributed by atoms with E-state index in [0.717, 1.165) is 38.0 Å². The molecule has 0 bridgehead atoms. The number of rotatable bonds is 10. The third-order valence-corrected chi connectivity index (χ3v) is 7.66. The smallest absolute Gasteiger partial charge is 0.241 e. The number of hydrogen-bond acceptors (Lipinski definition) is 5. The van der Waals surface area contributed by atoms with E-state index in [1.807, 2.05) is 6.26 Å². The Labute approximate surface area is 194 Å². The number of nitrogens with one attached hydrogen (secondary N) is 2. The van der Waals surface area contributed by atoms with Crippen LogP contribution in [0.3, 0.4) is 0 Å². The molecule has 0 spiro atoms. The number of halogens is 1. The monoisotopic (exact) mass is 479 g/mol. The summed E-state index contributed by atoms with van der Waals surface area (Å²) in [6, 6.07) is 13.8. The van der Waals surface area contributed by atoms with Crippen LogP contribution in [0.25, 0.3) is 0 Å². The maximum Gasteiger partial charge on any atom is 0.241 e. The summed E-state index contributed by atoms with van der Waals surface area (Å²) in [5, 5.41) is 3.04. The van der Waals surface area contributed by atoms with Crippen molar-refractivity contribution in [2.75, 3.05) is 25.1 Å². The molecular weight excluding hydrogens is 449 g/mol. The van der Waals surface area contributed by atoms with Crippen LogP contribution in [-0.4, -0.2) is 56.4 Å². The Morgan fingerprint density at radius 2 is 1.78 bits per heavy atom. The molecule has 32 heavy (non-hydrogen) atoms. The first-order valence-corrected chi connectivity index (χ1v) is 13.6. The van der Waals surface area contributed by atoms with E-state index in [9.17, 15) is 17.6 Å². The van der Waals surface area contributed by atoms with Gasteiger partial charge in [0.2, 0.25) is 15.9 Å². The third-order valence-electron chi connectivity index (χ3n) is 5.53. The predicted molar refractivity (Wildman–Crippen MR) is 126 cm³/mol. The molecule has 1 aliphatic rings. The Balaban J connectivity index is 1.54. The van der Waals surface area contributed by atoms with Crippen LogP contribution >= 0.6 is 11.8 Å². The van der Waals surface area contributed by atoms with Crippen LogP contribution in [-0.2, 0) is 21.4 Å². The summed E-state index contributed by atoms with van der Waals surface area (Å²) < 4.78 is 41.1. The molecular formula is C23H30FN3O3S2. The van der Waals surface area contributed by atoms with Gasteiger partial charge in [0.15, 0.2) is 0 Å². The zero-order valence-electron chi connectivity index (χ0n) is 18.2. The number of carbonyl (C=O) groups excluding carboxylic acids is 1. The molecule has 2 aromatic carbocycles. The van der Waals surface area contributed by atoms with Gasteiger partial charge in [0, 0.05) is 25.7 Å². The zero-order valence-corrected chi connectivity index (χ0v) is 19.8. The van der Waals surface area contributed by atoms with E-state index >= 15 is 0 Å². The number of sulfonamides is 1. The maximum atomic E-state index is 13.1. The Bertz CT molecular complexity index is 964. The van der Waals surface area contributed by atoms with Crippen LogP contribution in [0.5, 0.6) is 0 Å². The maximum absolute atomic E-state index is 13.1. The summed E-state index contributed by atoms with van der Waals surface area (Å²) in [6.45, 7) is 2.37. The summed E-state index contributed by atoms with van der Waals surface area (Å²) in [4.78, 5) is 15.4. The van der Waals surface area contributed by atoms with Crippen molar-refractivity contribution in [3.63, 3.8) is 0 Å². The minimum atomic E-state index is -3.78. The second-order valence-corrected chi connectivity index (χ2v) is 10.7. The lowest BCUT2D eigenvalue weighted by Gasteiger charge is -2.33. The highest BCUT2D eigenvalue weighted by Crippen LogP contribution is 2.16. The second-order valence-electron chi connectivity index (χ2n) is 7.95. The van der Waals surface area contributed by atoms with Gasteiger partial charge < -0.3 is 5.32 Å². The van der Waals surface area contributed by atoms with E-state index < -0.39 is 16.1 Å². The summed E-state index contributed by atoms with van der Waals surface area (Å²) in [7, 11) is -3.78. The van der Waals surface area contributed by atoms with Gasteiger partial charge in [-0.25, -0.2) is 12.8 Å². The fourth-order valence-electron chi connectivity index (χ4n) is 3.72. The van der Waals surface area contributed by atoms with E-state index in [1.165, 1.54) is 24.3 Å². The molecule has 2 N–H and O–H groups in total. The molecule has 1 amide bonds. The number of benzene rings is 2. The Hall–Kier alpha value is -1.94. The van der Waals surface area contributed by atoms with E-state index in [1.54, 1.807) is 42.1 Å². The number of nitrogens with zero attached hydrogens (tertiary/aromatic N) is 1. The number of likely N-dealkylation sites (tertiary alicyclic amines) is 1. The average molecular weight is 480 g/mol. The number of amides is 1. The summed E-state index contributed by atoms with van der Waals surface area (Å²) >= 11 is 1.57. The van der Waals surface area contributed by atoms with Crippen molar-refractivity contribution >= 4 is 27.7 Å². The molecule has 1 aliphatic heterocycles.